The van der Waals surface area contributed by atoms with Gasteiger partial charge in [0.1, 0.15) is 10.1 Å². The van der Waals surface area contributed by atoms with Gasteiger partial charge in [0.25, 0.3) is 0 Å². The van der Waals surface area contributed by atoms with Gasteiger partial charge in [0, 0.05) is 6.20 Å². The summed E-state index contributed by atoms with van der Waals surface area (Å²) in [6.45, 7) is 0. The molecule has 0 radical (unpaired) electrons. The van der Waals surface area contributed by atoms with Gasteiger partial charge < -0.3 is 4.74 Å². The predicted octanol–water partition coefficient (Wildman–Crippen LogP) is 1.73. The second-order valence-electron chi connectivity index (χ2n) is 2.25. The van der Waals surface area contributed by atoms with E-state index in [1.165, 1.54) is 0 Å². The van der Waals surface area contributed by atoms with Crippen LogP contribution in [0.5, 0.6) is 5.88 Å². The first kappa shape index (κ1) is 7.54. The summed E-state index contributed by atoms with van der Waals surface area (Å²) in [4.78, 5) is 4.05. The predicted molar refractivity (Wildman–Crippen MR) is 48.1 cm³/mol. The van der Waals surface area contributed by atoms with Gasteiger partial charge >= 0.3 is 0 Å². The molecular weight excluding hydrogens is 222 g/mol. The molecule has 0 aliphatic carbocycles. The molecular formula is C7H6BrN3O. The van der Waals surface area contributed by atoms with Gasteiger partial charge in [0.05, 0.1) is 12.5 Å². The Morgan fingerprint density at radius 3 is 3.17 bits per heavy atom. The molecule has 0 aliphatic rings. The van der Waals surface area contributed by atoms with Gasteiger partial charge in [-0.15, -0.1) is 0 Å². The average molecular weight is 228 g/mol. The second-order valence-corrected chi connectivity index (χ2v) is 3.04. The lowest BCUT2D eigenvalue weighted by atomic mass is 10.3. The quantitative estimate of drug-likeness (QED) is 0.808. The molecule has 0 saturated heterocycles. The highest BCUT2D eigenvalue weighted by atomic mass is 79.9. The minimum Gasteiger partial charge on any atom is -0.480 e. The summed E-state index contributed by atoms with van der Waals surface area (Å²) in [6, 6.07) is 1.82. The van der Waals surface area contributed by atoms with Crippen molar-refractivity contribution < 1.29 is 4.74 Å². The number of H-pyrrole nitrogens is 1. The lowest BCUT2D eigenvalue weighted by Crippen LogP contribution is -1.86. The molecule has 62 valence electrons. The van der Waals surface area contributed by atoms with Crippen LogP contribution in [-0.2, 0) is 0 Å². The maximum Gasteiger partial charge on any atom is 0.225 e. The normalized spacial score (nSPS) is 10.5. The molecule has 0 spiro atoms. The topological polar surface area (TPSA) is 50.8 Å². The van der Waals surface area contributed by atoms with E-state index >= 15 is 0 Å². The molecule has 5 heteroatoms. The summed E-state index contributed by atoms with van der Waals surface area (Å²) in [5.74, 6) is 0.577. The molecule has 0 fully saturated rings. The lowest BCUT2D eigenvalue weighted by molar-refractivity contribution is 0.403. The van der Waals surface area contributed by atoms with E-state index in [0.29, 0.717) is 5.88 Å². The van der Waals surface area contributed by atoms with Crippen LogP contribution in [0.3, 0.4) is 0 Å². The third-order valence-corrected chi connectivity index (χ3v) is 2.16. The summed E-state index contributed by atoms with van der Waals surface area (Å²) in [7, 11) is 1.58. The number of methoxy groups -OCH3 is 1. The van der Waals surface area contributed by atoms with E-state index < -0.39 is 0 Å². The molecule has 0 amide bonds. The molecule has 1 N–H and O–H groups in total. The number of nitrogens with one attached hydrogen (secondary N) is 1. The van der Waals surface area contributed by atoms with Crippen LogP contribution in [0.1, 0.15) is 0 Å². The van der Waals surface area contributed by atoms with Crippen LogP contribution < -0.4 is 4.74 Å². The summed E-state index contributed by atoms with van der Waals surface area (Å²) in [5.41, 5.74) is 0.841. The Balaban J connectivity index is 2.84. The van der Waals surface area contributed by atoms with Crippen molar-refractivity contribution in [2.75, 3.05) is 7.11 Å². The Bertz CT molecular complexity index is 412. The number of pyridine rings is 1. The highest BCUT2D eigenvalue weighted by molar-refractivity contribution is 9.10. The number of rotatable bonds is 1. The van der Waals surface area contributed by atoms with Crippen LogP contribution >= 0.6 is 15.9 Å². The third-order valence-electron chi connectivity index (χ3n) is 1.58. The molecule has 2 aromatic heterocycles. The van der Waals surface area contributed by atoms with Gasteiger partial charge in [-0.25, -0.2) is 4.98 Å². The number of hydrogen-bond acceptors (Lipinski definition) is 3. The van der Waals surface area contributed by atoms with Crippen LogP contribution in [-0.4, -0.2) is 22.3 Å². The first-order valence-corrected chi connectivity index (χ1v) is 4.15. The number of aromatic amines is 1. The number of ether oxygens (including phenoxy) is 1. The van der Waals surface area contributed by atoms with Crippen LogP contribution in [0.2, 0.25) is 0 Å². The van der Waals surface area contributed by atoms with Crippen LogP contribution in [0.4, 0.5) is 0 Å². The second kappa shape index (κ2) is 2.75. The molecule has 0 bridgehead atoms. The zero-order chi connectivity index (χ0) is 8.55. The molecule has 2 rings (SSSR count). The van der Waals surface area contributed by atoms with Crippen molar-refractivity contribution in [3.8, 4) is 5.88 Å². The number of aromatic nitrogens is 3. The van der Waals surface area contributed by atoms with Crippen molar-refractivity contribution in [1.29, 1.82) is 0 Å². The molecule has 0 saturated carbocycles. The Kier molecular flexibility index (Phi) is 1.73. The zero-order valence-electron chi connectivity index (χ0n) is 6.34. The van der Waals surface area contributed by atoms with E-state index in [2.05, 4.69) is 31.1 Å². The highest BCUT2D eigenvalue weighted by Crippen LogP contribution is 2.27. The molecule has 12 heavy (non-hydrogen) atoms. The Morgan fingerprint density at radius 1 is 1.58 bits per heavy atom. The highest BCUT2D eigenvalue weighted by Gasteiger charge is 2.08. The van der Waals surface area contributed by atoms with Gasteiger partial charge in [-0.2, -0.15) is 5.10 Å². The van der Waals surface area contributed by atoms with Crippen LogP contribution in [0.15, 0.2) is 16.9 Å². The fourth-order valence-corrected chi connectivity index (χ4v) is 1.51. The van der Waals surface area contributed by atoms with Crippen molar-refractivity contribution in [1.82, 2.24) is 15.2 Å². The van der Waals surface area contributed by atoms with Crippen molar-refractivity contribution in [2.45, 2.75) is 0 Å². The van der Waals surface area contributed by atoms with Gasteiger partial charge in [0.15, 0.2) is 0 Å². The maximum atomic E-state index is 5.07. The van der Waals surface area contributed by atoms with Gasteiger partial charge in [0.2, 0.25) is 5.88 Å². The average Bonchev–Trinajstić information content (AvgIpc) is 2.48. The van der Waals surface area contributed by atoms with E-state index in [0.717, 1.165) is 15.5 Å². The van der Waals surface area contributed by atoms with Gasteiger partial charge in [-0.3, -0.25) is 5.10 Å². The van der Waals surface area contributed by atoms with Gasteiger partial charge in [-0.1, -0.05) is 0 Å². The summed E-state index contributed by atoms with van der Waals surface area (Å²) in [5, 5.41) is 7.71. The standard InChI is InChI=1S/C7H6BrN3O/c1-12-7-5-4(2-3-9-7)10-11-6(5)8/h2-3H,1H3,(H,10,11). The number of halogens is 1. The minimum absolute atomic E-state index is 0.577. The van der Waals surface area contributed by atoms with E-state index in [9.17, 15) is 0 Å². The van der Waals surface area contributed by atoms with Crippen molar-refractivity contribution >= 4 is 26.8 Å². The summed E-state index contributed by atoms with van der Waals surface area (Å²) >= 11 is 3.32. The third kappa shape index (κ3) is 0.972. The lowest BCUT2D eigenvalue weighted by Gasteiger charge is -1.97. The van der Waals surface area contributed by atoms with Crippen LogP contribution in [0, 0.1) is 0 Å². The summed E-state index contributed by atoms with van der Waals surface area (Å²) < 4.78 is 5.86. The number of nitrogens with zero attached hydrogens (tertiary/aromatic N) is 2. The fraction of sp³-hybridized carbons (Fsp3) is 0.143. The SMILES string of the molecule is COc1nccc2n[nH]c(Br)c12. The first-order chi connectivity index (χ1) is 5.83. The molecule has 2 aromatic rings. The van der Waals surface area contributed by atoms with E-state index in [1.807, 2.05) is 6.07 Å². The van der Waals surface area contributed by atoms with Crippen molar-refractivity contribution in [2.24, 2.45) is 0 Å². The molecule has 4 nitrogen and oxygen atoms in total. The Labute approximate surface area is 77.1 Å². The molecule has 0 aromatic carbocycles. The monoisotopic (exact) mass is 227 g/mol. The van der Waals surface area contributed by atoms with Gasteiger partial charge in [-0.05, 0) is 22.0 Å². The minimum atomic E-state index is 0.577. The zero-order valence-corrected chi connectivity index (χ0v) is 7.92. The van der Waals surface area contributed by atoms with E-state index in [4.69, 9.17) is 4.74 Å². The van der Waals surface area contributed by atoms with Crippen molar-refractivity contribution in [3.63, 3.8) is 0 Å². The molecule has 0 unspecified atom stereocenters. The largest absolute Gasteiger partial charge is 0.480 e. The van der Waals surface area contributed by atoms with E-state index in [1.54, 1.807) is 13.3 Å². The van der Waals surface area contributed by atoms with Crippen molar-refractivity contribution in [3.05, 3.63) is 16.9 Å². The molecule has 2 heterocycles. The smallest absolute Gasteiger partial charge is 0.225 e. The Hall–Kier alpha value is -1.10. The number of fused-ring (bicyclic) bond motifs is 1. The summed E-state index contributed by atoms with van der Waals surface area (Å²) in [6.07, 6.45) is 1.66. The van der Waals surface area contributed by atoms with Crippen LogP contribution in [0.25, 0.3) is 10.9 Å². The Morgan fingerprint density at radius 2 is 2.42 bits per heavy atom. The maximum absolute atomic E-state index is 5.07. The van der Waals surface area contributed by atoms with E-state index in [-0.39, 0.29) is 0 Å². The first-order valence-electron chi connectivity index (χ1n) is 3.35. The molecule has 0 aliphatic heterocycles. The number of hydrogen-bond donors (Lipinski definition) is 1. The fourth-order valence-electron chi connectivity index (χ4n) is 1.05. The molecule has 0 atom stereocenters.